The number of benzene rings is 2. The molecule has 2 aliphatic rings. The third-order valence-corrected chi connectivity index (χ3v) is 6.87. The fourth-order valence-corrected chi connectivity index (χ4v) is 4.10. The lowest BCUT2D eigenvalue weighted by Crippen LogP contribution is -2.58. The van der Waals surface area contributed by atoms with Gasteiger partial charge in [0.25, 0.3) is 0 Å². The van der Waals surface area contributed by atoms with E-state index in [1.54, 1.807) is 38.3 Å². The number of rotatable bonds is 12. The van der Waals surface area contributed by atoms with Crippen molar-refractivity contribution in [1.29, 1.82) is 0 Å². The molecule has 0 radical (unpaired) electrons. The van der Waals surface area contributed by atoms with Crippen molar-refractivity contribution >= 4 is 17.6 Å². The monoisotopic (exact) mass is 495 g/mol. The van der Waals surface area contributed by atoms with Gasteiger partial charge in [-0.2, -0.15) is 0 Å². The zero-order chi connectivity index (χ0) is 25.9. The van der Waals surface area contributed by atoms with Gasteiger partial charge in [0, 0.05) is 6.42 Å². The molecule has 0 aromatic heterocycles. The Kier molecular flexibility index (Phi) is 7.44. The van der Waals surface area contributed by atoms with Crippen LogP contribution in [0.25, 0.3) is 0 Å². The summed E-state index contributed by atoms with van der Waals surface area (Å²) in [6.45, 7) is 2.00. The number of amides is 2. The van der Waals surface area contributed by atoms with Crippen LogP contribution in [0.5, 0.6) is 5.75 Å². The van der Waals surface area contributed by atoms with Gasteiger partial charge in [-0.1, -0.05) is 42.5 Å². The fraction of sp³-hybridized carbons (Fsp3) is 0.444. The number of hydrogen-bond donors (Lipinski definition) is 4. The molecule has 1 saturated carbocycles. The highest BCUT2D eigenvalue weighted by atomic mass is 16.6. The van der Waals surface area contributed by atoms with Gasteiger partial charge in [-0.15, -0.1) is 0 Å². The van der Waals surface area contributed by atoms with E-state index < -0.39 is 41.1 Å². The van der Waals surface area contributed by atoms with Gasteiger partial charge < -0.3 is 30.9 Å². The van der Waals surface area contributed by atoms with E-state index >= 15 is 0 Å². The number of ketones is 1. The van der Waals surface area contributed by atoms with Crippen molar-refractivity contribution in [3.05, 3.63) is 65.7 Å². The zero-order valence-corrected chi connectivity index (χ0v) is 20.5. The van der Waals surface area contributed by atoms with Crippen molar-refractivity contribution in [2.75, 3.05) is 13.7 Å². The molecule has 9 heteroatoms. The third kappa shape index (κ3) is 6.10. The number of ether oxygens (including phenoxy) is 2. The summed E-state index contributed by atoms with van der Waals surface area (Å²) < 4.78 is 10.5. The minimum atomic E-state index is -1.24. The minimum Gasteiger partial charge on any atom is -0.497 e. The smallest absolute Gasteiger partial charge is 0.243 e. The normalized spacial score (nSPS) is 22.0. The van der Waals surface area contributed by atoms with Crippen LogP contribution >= 0.6 is 0 Å². The van der Waals surface area contributed by atoms with Crippen LogP contribution in [0.4, 0.5) is 0 Å². The van der Waals surface area contributed by atoms with Gasteiger partial charge in [0.05, 0.1) is 25.4 Å². The van der Waals surface area contributed by atoms with Crippen LogP contribution in [0.1, 0.15) is 30.9 Å². The van der Waals surface area contributed by atoms with Crippen LogP contribution in [0.2, 0.25) is 0 Å². The van der Waals surface area contributed by atoms with Gasteiger partial charge in [-0.05, 0) is 49.4 Å². The molecule has 2 fully saturated rings. The Morgan fingerprint density at radius 3 is 2.08 bits per heavy atom. The summed E-state index contributed by atoms with van der Waals surface area (Å²) in [6, 6.07) is 13.5. The number of carbonyl (C=O) groups is 3. The van der Waals surface area contributed by atoms with Gasteiger partial charge in [0.1, 0.15) is 23.4 Å². The molecule has 0 bridgehead atoms. The maximum Gasteiger partial charge on any atom is 0.243 e. The standard InChI is InChI=1S/C27H33N3O6/c1-26(16-36-26)23(31)20(14-17-6-4-3-5-7-17)29-24(32)21(15-18-8-10-19(35-2)11-9-18)30-25(33)22(28)27(34)12-13-27/h3-11,20-22,34H,12-16,28H2,1-2H3,(H,29,32)(H,30,33). The summed E-state index contributed by atoms with van der Waals surface area (Å²) >= 11 is 0. The average molecular weight is 496 g/mol. The molecule has 4 unspecified atom stereocenters. The van der Waals surface area contributed by atoms with Crippen LogP contribution in [-0.2, 0) is 32.0 Å². The van der Waals surface area contributed by atoms with E-state index in [4.69, 9.17) is 15.2 Å². The van der Waals surface area contributed by atoms with E-state index in [1.165, 1.54) is 0 Å². The number of aliphatic hydroxyl groups is 1. The van der Waals surface area contributed by atoms with Crippen LogP contribution < -0.4 is 21.1 Å². The predicted octanol–water partition coefficient (Wildman–Crippen LogP) is 0.660. The van der Waals surface area contributed by atoms with Crippen LogP contribution in [0.3, 0.4) is 0 Å². The van der Waals surface area contributed by atoms with E-state index in [0.29, 0.717) is 25.2 Å². The molecule has 2 aromatic rings. The summed E-state index contributed by atoms with van der Waals surface area (Å²) in [5, 5.41) is 15.8. The van der Waals surface area contributed by atoms with E-state index in [0.717, 1.165) is 11.1 Å². The van der Waals surface area contributed by atoms with Crippen LogP contribution in [-0.4, -0.2) is 65.7 Å². The Morgan fingerprint density at radius 2 is 1.53 bits per heavy atom. The summed E-state index contributed by atoms with van der Waals surface area (Å²) in [4.78, 5) is 39.5. The van der Waals surface area contributed by atoms with Gasteiger partial charge in [-0.25, -0.2) is 0 Å². The first kappa shape index (κ1) is 25.8. The fourth-order valence-electron chi connectivity index (χ4n) is 4.10. The van der Waals surface area contributed by atoms with Crippen molar-refractivity contribution in [1.82, 2.24) is 10.6 Å². The second kappa shape index (κ2) is 10.4. The molecular weight excluding hydrogens is 462 g/mol. The summed E-state index contributed by atoms with van der Waals surface area (Å²) in [7, 11) is 1.56. The number of epoxide rings is 1. The lowest BCUT2D eigenvalue weighted by atomic mass is 9.94. The lowest BCUT2D eigenvalue weighted by Gasteiger charge is -2.26. The van der Waals surface area contributed by atoms with Crippen molar-refractivity contribution in [3.63, 3.8) is 0 Å². The van der Waals surface area contributed by atoms with Crippen molar-refractivity contribution < 1.29 is 29.0 Å². The average Bonchev–Trinajstić information content (AvgIpc) is 3.82. The molecular formula is C27H33N3O6. The first-order chi connectivity index (χ1) is 17.1. The highest BCUT2D eigenvalue weighted by molar-refractivity contribution is 5.98. The van der Waals surface area contributed by atoms with Gasteiger partial charge >= 0.3 is 0 Å². The van der Waals surface area contributed by atoms with Crippen LogP contribution in [0.15, 0.2) is 54.6 Å². The molecule has 2 amide bonds. The second-order valence-electron chi connectivity index (χ2n) is 9.83. The Morgan fingerprint density at radius 1 is 0.972 bits per heavy atom. The highest BCUT2D eigenvalue weighted by Crippen LogP contribution is 2.37. The van der Waals surface area contributed by atoms with Gasteiger partial charge in [-0.3, -0.25) is 14.4 Å². The molecule has 9 nitrogen and oxygen atoms in total. The highest BCUT2D eigenvalue weighted by Gasteiger charge is 2.51. The zero-order valence-electron chi connectivity index (χ0n) is 20.5. The first-order valence-electron chi connectivity index (χ1n) is 12.1. The third-order valence-electron chi connectivity index (χ3n) is 6.87. The van der Waals surface area contributed by atoms with Crippen molar-refractivity contribution in [2.45, 2.75) is 61.9 Å². The molecule has 5 N–H and O–H groups in total. The van der Waals surface area contributed by atoms with E-state index in [1.807, 2.05) is 30.3 Å². The van der Waals surface area contributed by atoms with Crippen LogP contribution in [0, 0.1) is 0 Å². The molecule has 1 aliphatic carbocycles. The molecule has 1 saturated heterocycles. The number of nitrogens with two attached hydrogens (primary N) is 1. The SMILES string of the molecule is COc1ccc(CC(NC(=O)C(N)C2(O)CC2)C(=O)NC(Cc2ccccc2)C(=O)C2(C)CO2)cc1. The Labute approximate surface area is 210 Å². The van der Waals surface area contributed by atoms with Gasteiger partial charge in [0.2, 0.25) is 11.8 Å². The minimum absolute atomic E-state index is 0.159. The molecule has 192 valence electrons. The number of nitrogens with one attached hydrogen (secondary N) is 2. The number of Topliss-reactive ketones (excluding diaryl/α,β-unsaturated/α-hetero) is 1. The summed E-state index contributed by atoms with van der Waals surface area (Å²) in [5.74, 6) is -0.703. The predicted molar refractivity (Wildman–Crippen MR) is 132 cm³/mol. The molecule has 4 rings (SSSR count). The molecule has 1 aliphatic heterocycles. The summed E-state index contributed by atoms with van der Waals surface area (Å²) in [6.07, 6.45) is 1.31. The van der Waals surface area contributed by atoms with E-state index in [2.05, 4.69) is 10.6 Å². The Balaban J connectivity index is 1.53. The van der Waals surface area contributed by atoms with Crippen molar-refractivity contribution in [3.8, 4) is 5.75 Å². The molecule has 1 heterocycles. The maximum absolute atomic E-state index is 13.5. The Bertz CT molecular complexity index is 1100. The maximum atomic E-state index is 13.5. The first-order valence-corrected chi connectivity index (χ1v) is 12.1. The van der Waals surface area contributed by atoms with E-state index in [-0.39, 0.29) is 18.6 Å². The quantitative estimate of drug-likeness (QED) is 0.317. The Hall–Kier alpha value is -3.27. The largest absolute Gasteiger partial charge is 0.497 e. The molecule has 0 spiro atoms. The summed E-state index contributed by atoms with van der Waals surface area (Å²) in [5.41, 5.74) is 5.46. The number of methoxy groups -OCH3 is 1. The molecule has 2 aromatic carbocycles. The topological polar surface area (TPSA) is 143 Å². The number of carbonyl (C=O) groups excluding carboxylic acids is 3. The lowest BCUT2D eigenvalue weighted by molar-refractivity contribution is -0.134. The second-order valence-corrected chi connectivity index (χ2v) is 9.83. The van der Waals surface area contributed by atoms with Gasteiger partial charge in [0.15, 0.2) is 5.78 Å². The number of hydrogen-bond acceptors (Lipinski definition) is 7. The van der Waals surface area contributed by atoms with Crippen molar-refractivity contribution in [2.24, 2.45) is 5.73 Å². The molecule has 36 heavy (non-hydrogen) atoms. The molecule has 4 atom stereocenters. The van der Waals surface area contributed by atoms with E-state index in [9.17, 15) is 19.5 Å².